The van der Waals surface area contributed by atoms with Crippen molar-refractivity contribution in [3.63, 3.8) is 0 Å². The molecule has 0 saturated heterocycles. The summed E-state index contributed by atoms with van der Waals surface area (Å²) in [7, 11) is 0. The van der Waals surface area contributed by atoms with Crippen LogP contribution in [0.2, 0.25) is 0 Å². The number of nitrogens with two attached hydrogens (primary N) is 1. The van der Waals surface area contributed by atoms with E-state index in [1.807, 2.05) is 31.2 Å². The Hall–Kier alpha value is -2.07. The molecular formula is C14H15FN2O. The molecule has 0 bridgehead atoms. The summed E-state index contributed by atoms with van der Waals surface area (Å²) in [5.41, 5.74) is 4.36. The van der Waals surface area contributed by atoms with Crippen molar-refractivity contribution in [2.75, 3.05) is 0 Å². The van der Waals surface area contributed by atoms with Crippen LogP contribution in [0, 0.1) is 5.82 Å². The molecule has 0 aromatic heterocycles. The van der Waals surface area contributed by atoms with Gasteiger partial charge in [0.15, 0.2) is 11.6 Å². The van der Waals surface area contributed by atoms with Gasteiger partial charge < -0.3 is 10.2 Å². The second kappa shape index (κ2) is 5.51. The fraction of sp³-hybridized carbons (Fsp3) is 0.143. The number of rotatable bonds is 3. The lowest BCUT2D eigenvalue weighted by molar-refractivity contribution is 0.281. The zero-order chi connectivity index (χ0) is 13.0. The van der Waals surface area contributed by atoms with Gasteiger partial charge in [-0.1, -0.05) is 18.2 Å². The average Bonchev–Trinajstić information content (AvgIpc) is 2.53. The Bertz CT molecular complexity index is 520. The van der Waals surface area contributed by atoms with Gasteiger partial charge in [0.2, 0.25) is 0 Å². The third-order valence-corrected chi connectivity index (χ3v) is 2.66. The van der Waals surface area contributed by atoms with Crippen LogP contribution in [0.3, 0.4) is 0 Å². The Kier molecular flexibility index (Phi) is 3.79. The van der Waals surface area contributed by atoms with Crippen LogP contribution in [0.25, 0.3) is 0 Å². The number of nitrogens with one attached hydrogen (secondary N) is 1. The molecule has 0 spiro atoms. The van der Waals surface area contributed by atoms with Crippen molar-refractivity contribution >= 4 is 0 Å². The fourth-order valence-corrected chi connectivity index (χ4v) is 1.71. The molecule has 0 aliphatic heterocycles. The van der Waals surface area contributed by atoms with Gasteiger partial charge in [-0.2, -0.15) is 0 Å². The lowest BCUT2D eigenvalue weighted by atomic mass is 10.2. The van der Waals surface area contributed by atoms with Crippen LogP contribution in [-0.2, 0) is 0 Å². The highest BCUT2D eigenvalue weighted by molar-refractivity contribution is 5.36. The predicted octanol–water partition coefficient (Wildman–Crippen LogP) is 2.44. The molecule has 1 aliphatic carbocycles. The van der Waals surface area contributed by atoms with E-state index in [4.69, 9.17) is 10.6 Å². The summed E-state index contributed by atoms with van der Waals surface area (Å²) in [5.74, 6) is 5.26. The van der Waals surface area contributed by atoms with Crippen molar-refractivity contribution in [2.45, 2.75) is 13.0 Å². The van der Waals surface area contributed by atoms with E-state index in [0.29, 0.717) is 0 Å². The smallest absolute Gasteiger partial charge is 0.165 e. The van der Waals surface area contributed by atoms with Crippen LogP contribution in [-0.4, -0.2) is 6.10 Å². The monoisotopic (exact) mass is 246 g/mol. The van der Waals surface area contributed by atoms with Crippen LogP contribution >= 0.6 is 0 Å². The number of halogens is 1. The molecule has 0 fully saturated rings. The second-order valence-corrected chi connectivity index (χ2v) is 3.97. The topological polar surface area (TPSA) is 47.3 Å². The second-order valence-electron chi connectivity index (χ2n) is 3.97. The van der Waals surface area contributed by atoms with E-state index in [-0.39, 0.29) is 17.7 Å². The molecule has 1 aromatic carbocycles. The maximum absolute atomic E-state index is 13.5. The van der Waals surface area contributed by atoms with Gasteiger partial charge in [0.05, 0.1) is 5.70 Å². The summed E-state index contributed by atoms with van der Waals surface area (Å²) in [4.78, 5) is 0. The standard InChI is InChI=1S/C14H15FN2O/c1-10-9-11(5-4-7-13(10)17-16)18-14-8-3-2-6-12(14)15/h2-9,11,17H,16H2,1H3. The number of hydrogen-bond acceptors (Lipinski definition) is 3. The van der Waals surface area contributed by atoms with Crippen molar-refractivity contribution < 1.29 is 9.13 Å². The SMILES string of the molecule is CC1=CC(Oc2ccccc2F)C=CC=C1NN. The highest BCUT2D eigenvalue weighted by Gasteiger charge is 2.10. The molecule has 0 amide bonds. The van der Waals surface area contributed by atoms with E-state index < -0.39 is 0 Å². The van der Waals surface area contributed by atoms with Crippen LogP contribution in [0.4, 0.5) is 4.39 Å². The normalized spacial score (nSPS) is 18.7. The third-order valence-electron chi connectivity index (χ3n) is 2.66. The first kappa shape index (κ1) is 12.4. The van der Waals surface area contributed by atoms with E-state index in [1.165, 1.54) is 6.07 Å². The number of allylic oxidation sites excluding steroid dienone is 3. The van der Waals surface area contributed by atoms with Crippen LogP contribution in [0.1, 0.15) is 6.92 Å². The summed E-state index contributed by atoms with van der Waals surface area (Å²) in [5, 5.41) is 0. The average molecular weight is 246 g/mol. The number of hydrazine groups is 1. The zero-order valence-electron chi connectivity index (χ0n) is 10.1. The Balaban J connectivity index is 2.17. The summed E-state index contributed by atoms with van der Waals surface area (Å²) >= 11 is 0. The van der Waals surface area contributed by atoms with E-state index in [9.17, 15) is 4.39 Å². The van der Waals surface area contributed by atoms with Gasteiger partial charge in [0.1, 0.15) is 6.10 Å². The largest absolute Gasteiger partial charge is 0.479 e. The first-order chi connectivity index (χ1) is 8.70. The third kappa shape index (κ3) is 2.78. The van der Waals surface area contributed by atoms with Gasteiger partial charge in [0.25, 0.3) is 0 Å². The van der Waals surface area contributed by atoms with E-state index in [0.717, 1.165) is 11.3 Å². The maximum atomic E-state index is 13.5. The van der Waals surface area contributed by atoms with Crippen molar-refractivity contribution in [3.8, 4) is 5.75 Å². The van der Waals surface area contributed by atoms with E-state index >= 15 is 0 Å². The molecule has 1 unspecified atom stereocenters. The molecular weight excluding hydrogens is 231 g/mol. The minimum Gasteiger partial charge on any atom is -0.479 e. The highest BCUT2D eigenvalue weighted by atomic mass is 19.1. The van der Waals surface area contributed by atoms with Crippen molar-refractivity contribution in [1.82, 2.24) is 5.43 Å². The number of hydrogen-bond donors (Lipinski definition) is 2. The van der Waals surface area contributed by atoms with Gasteiger partial charge in [-0.15, -0.1) is 0 Å². The zero-order valence-corrected chi connectivity index (χ0v) is 10.1. The summed E-state index contributed by atoms with van der Waals surface area (Å²) in [6.45, 7) is 1.91. The molecule has 0 heterocycles. The van der Waals surface area contributed by atoms with Crippen LogP contribution < -0.4 is 16.0 Å². The Morgan fingerprint density at radius 1 is 1.33 bits per heavy atom. The number of para-hydroxylation sites is 1. The van der Waals surface area contributed by atoms with Gasteiger partial charge in [-0.05, 0) is 42.9 Å². The molecule has 2 rings (SSSR count). The molecule has 3 N–H and O–H groups in total. The molecule has 1 atom stereocenters. The summed E-state index contributed by atoms with van der Waals surface area (Å²) < 4.78 is 19.1. The minimum atomic E-state index is -0.369. The van der Waals surface area contributed by atoms with Gasteiger partial charge in [0, 0.05) is 0 Å². The fourth-order valence-electron chi connectivity index (χ4n) is 1.71. The Morgan fingerprint density at radius 2 is 2.11 bits per heavy atom. The lowest BCUT2D eigenvalue weighted by Crippen LogP contribution is -2.22. The van der Waals surface area contributed by atoms with Crippen molar-refractivity contribution in [1.29, 1.82) is 0 Å². The predicted molar refractivity (Wildman–Crippen MR) is 69.1 cm³/mol. The van der Waals surface area contributed by atoms with E-state index in [1.54, 1.807) is 18.2 Å². The van der Waals surface area contributed by atoms with Crippen molar-refractivity contribution in [2.24, 2.45) is 5.84 Å². The van der Waals surface area contributed by atoms with Gasteiger partial charge in [-0.3, -0.25) is 5.84 Å². The maximum Gasteiger partial charge on any atom is 0.165 e. The molecule has 0 radical (unpaired) electrons. The Labute approximate surface area is 105 Å². The quantitative estimate of drug-likeness (QED) is 0.636. The summed E-state index contributed by atoms with van der Waals surface area (Å²) in [6.07, 6.45) is 7.07. The molecule has 0 saturated carbocycles. The highest BCUT2D eigenvalue weighted by Crippen LogP contribution is 2.20. The first-order valence-electron chi connectivity index (χ1n) is 5.66. The van der Waals surface area contributed by atoms with Gasteiger partial charge in [-0.25, -0.2) is 4.39 Å². The van der Waals surface area contributed by atoms with Crippen LogP contribution in [0.15, 0.2) is 59.8 Å². The molecule has 4 heteroatoms. The minimum absolute atomic E-state index is 0.236. The first-order valence-corrected chi connectivity index (χ1v) is 5.66. The molecule has 1 aromatic rings. The molecule has 3 nitrogen and oxygen atoms in total. The molecule has 94 valence electrons. The Morgan fingerprint density at radius 3 is 2.83 bits per heavy atom. The lowest BCUT2D eigenvalue weighted by Gasteiger charge is -2.13. The molecule has 18 heavy (non-hydrogen) atoms. The number of ether oxygens (including phenoxy) is 1. The van der Waals surface area contributed by atoms with Crippen LogP contribution in [0.5, 0.6) is 5.75 Å². The number of benzene rings is 1. The van der Waals surface area contributed by atoms with Gasteiger partial charge >= 0.3 is 0 Å². The molecule has 1 aliphatic rings. The summed E-state index contributed by atoms with van der Waals surface area (Å²) in [6, 6.07) is 6.34. The van der Waals surface area contributed by atoms with Crippen molar-refractivity contribution in [3.05, 3.63) is 65.7 Å². The van der Waals surface area contributed by atoms with E-state index in [2.05, 4.69) is 5.43 Å².